The van der Waals surface area contributed by atoms with Gasteiger partial charge in [0.2, 0.25) is 5.75 Å². The first kappa shape index (κ1) is 26.4. The molecule has 1 rings (SSSR count). The Bertz CT molecular complexity index is 886. The van der Waals surface area contributed by atoms with E-state index in [9.17, 15) is 30.1 Å². The van der Waals surface area contributed by atoms with Crippen LogP contribution in [0, 0.1) is 21.4 Å². The summed E-state index contributed by atoms with van der Waals surface area (Å²) in [6.07, 6.45) is 4.73. The molecule has 0 saturated carbocycles. The van der Waals surface area contributed by atoms with E-state index in [-0.39, 0.29) is 17.7 Å². The van der Waals surface area contributed by atoms with Crippen LogP contribution in [-0.4, -0.2) is 46.7 Å². The number of nitro groups is 1. The number of carbonyl (C=O) groups is 2. The summed E-state index contributed by atoms with van der Waals surface area (Å²) in [5.41, 5.74) is -0.961. The first-order chi connectivity index (χ1) is 15.3. The molecule has 174 valence electrons. The van der Waals surface area contributed by atoms with E-state index in [2.05, 4.69) is 6.92 Å². The van der Waals surface area contributed by atoms with Crippen LogP contribution in [0.1, 0.15) is 58.4 Å². The van der Waals surface area contributed by atoms with Crippen LogP contribution in [0.25, 0.3) is 6.08 Å². The van der Waals surface area contributed by atoms with Crippen LogP contribution in [0.3, 0.4) is 0 Å². The van der Waals surface area contributed by atoms with Crippen molar-refractivity contribution in [3.63, 3.8) is 0 Å². The van der Waals surface area contributed by atoms with Gasteiger partial charge in [-0.25, -0.2) is 4.79 Å². The fourth-order valence-corrected chi connectivity index (χ4v) is 2.88. The Kier molecular flexibility index (Phi) is 11.3. The number of nitriles is 1. The molecule has 1 aromatic carbocycles. The summed E-state index contributed by atoms with van der Waals surface area (Å²) in [5, 5.41) is 30.8. The van der Waals surface area contributed by atoms with Crippen molar-refractivity contribution in [3.05, 3.63) is 33.4 Å². The Morgan fingerprint density at radius 2 is 1.84 bits per heavy atom. The molecule has 10 heteroatoms. The van der Waals surface area contributed by atoms with E-state index in [1.165, 1.54) is 4.90 Å². The third-order valence-corrected chi connectivity index (χ3v) is 4.65. The number of amides is 1. The van der Waals surface area contributed by atoms with Crippen LogP contribution in [0.5, 0.6) is 11.5 Å². The molecule has 0 bridgehead atoms. The highest BCUT2D eigenvalue weighted by molar-refractivity contribution is 6.01. The van der Waals surface area contributed by atoms with Gasteiger partial charge in [-0.2, -0.15) is 5.26 Å². The number of carbonyl (C=O) groups excluding carboxylic acids is 2. The third kappa shape index (κ3) is 7.91. The lowest BCUT2D eigenvalue weighted by Gasteiger charge is -2.17. The van der Waals surface area contributed by atoms with Gasteiger partial charge in [-0.05, 0) is 38.0 Å². The first-order valence-electron chi connectivity index (χ1n) is 10.6. The van der Waals surface area contributed by atoms with Crippen molar-refractivity contribution >= 4 is 23.8 Å². The molecule has 1 aromatic rings. The summed E-state index contributed by atoms with van der Waals surface area (Å²) >= 11 is 0. The molecular weight excluding hydrogens is 418 g/mol. The lowest BCUT2D eigenvalue weighted by atomic mass is 10.1. The number of benzene rings is 1. The number of nitrogens with zero attached hydrogens (tertiary/aromatic N) is 3. The van der Waals surface area contributed by atoms with Crippen molar-refractivity contribution in [2.45, 2.75) is 52.9 Å². The lowest BCUT2D eigenvalue weighted by Crippen LogP contribution is -2.31. The predicted octanol–water partition coefficient (Wildman–Crippen LogP) is 4.56. The van der Waals surface area contributed by atoms with E-state index in [1.807, 2.05) is 0 Å². The molecular formula is C22H29N3O7. The normalized spacial score (nSPS) is 10.9. The van der Waals surface area contributed by atoms with E-state index >= 15 is 0 Å². The van der Waals surface area contributed by atoms with Crippen molar-refractivity contribution in [1.29, 1.82) is 5.26 Å². The summed E-state index contributed by atoms with van der Waals surface area (Å²) in [6, 6.07) is 3.88. The van der Waals surface area contributed by atoms with E-state index in [0.717, 1.165) is 43.9 Å². The van der Waals surface area contributed by atoms with Gasteiger partial charge in [0.1, 0.15) is 11.6 Å². The molecule has 0 saturated heterocycles. The quantitative estimate of drug-likeness (QED) is 0.0934. The second-order valence-corrected chi connectivity index (χ2v) is 6.91. The molecule has 0 atom stereocenters. The number of likely N-dealkylation sites (N-methyl/N-ethyl adjacent to an activating group) is 1. The maximum Gasteiger partial charge on any atom is 0.513 e. The average Bonchev–Trinajstić information content (AvgIpc) is 2.76. The second-order valence-electron chi connectivity index (χ2n) is 6.91. The van der Waals surface area contributed by atoms with Gasteiger partial charge >= 0.3 is 11.8 Å². The summed E-state index contributed by atoms with van der Waals surface area (Å²) in [5.74, 6) is -1.91. The van der Waals surface area contributed by atoms with Gasteiger partial charge < -0.3 is 19.5 Å². The zero-order valence-corrected chi connectivity index (χ0v) is 18.6. The van der Waals surface area contributed by atoms with E-state index in [0.29, 0.717) is 19.5 Å². The van der Waals surface area contributed by atoms with E-state index < -0.39 is 34.2 Å². The molecule has 0 aliphatic carbocycles. The van der Waals surface area contributed by atoms with Crippen LogP contribution in [0.2, 0.25) is 0 Å². The standard InChI is InChI=1S/C22H29N3O7/c1-4-7-8-9-10-11-31-22(28)32-19-14-16(13-18(20(19)26)25(29)30)12-17(15-23)21(27)24(5-2)6-3/h12-14,26H,4-11H2,1-3H3/b17-12+. The lowest BCUT2D eigenvalue weighted by molar-refractivity contribution is -0.385. The minimum Gasteiger partial charge on any atom is -0.499 e. The molecule has 1 amide bonds. The number of nitro benzene ring substituents is 1. The fraction of sp³-hybridized carbons (Fsp3) is 0.500. The summed E-state index contributed by atoms with van der Waals surface area (Å²) < 4.78 is 9.90. The van der Waals surface area contributed by atoms with Crippen molar-refractivity contribution in [2.75, 3.05) is 19.7 Å². The highest BCUT2D eigenvalue weighted by atomic mass is 16.7. The predicted molar refractivity (Wildman–Crippen MR) is 117 cm³/mol. The molecule has 0 radical (unpaired) electrons. The van der Waals surface area contributed by atoms with Gasteiger partial charge in [0.05, 0.1) is 11.5 Å². The fourth-order valence-electron chi connectivity index (χ4n) is 2.88. The van der Waals surface area contributed by atoms with E-state index in [4.69, 9.17) is 9.47 Å². The largest absolute Gasteiger partial charge is 0.513 e. The Balaban J connectivity index is 3.09. The minimum absolute atomic E-state index is 0.0360. The van der Waals surface area contributed by atoms with Crippen molar-refractivity contribution in [1.82, 2.24) is 4.90 Å². The molecule has 10 nitrogen and oxygen atoms in total. The van der Waals surface area contributed by atoms with Gasteiger partial charge in [-0.1, -0.05) is 32.6 Å². The monoisotopic (exact) mass is 447 g/mol. The summed E-state index contributed by atoms with van der Waals surface area (Å²) in [6.45, 7) is 6.46. The van der Waals surface area contributed by atoms with Gasteiger partial charge in [0.25, 0.3) is 5.91 Å². The smallest absolute Gasteiger partial charge is 0.499 e. The summed E-state index contributed by atoms with van der Waals surface area (Å²) in [7, 11) is 0. The molecule has 0 heterocycles. The Labute approximate surface area is 187 Å². The molecule has 0 unspecified atom stereocenters. The number of aromatic hydroxyl groups is 1. The third-order valence-electron chi connectivity index (χ3n) is 4.65. The van der Waals surface area contributed by atoms with Crippen molar-refractivity contribution in [2.24, 2.45) is 0 Å². The maximum absolute atomic E-state index is 12.4. The number of hydrogen-bond donors (Lipinski definition) is 1. The second kappa shape index (κ2) is 13.6. The first-order valence-corrected chi connectivity index (χ1v) is 10.6. The molecule has 0 aliphatic rings. The molecule has 0 spiro atoms. The highest BCUT2D eigenvalue weighted by Crippen LogP contribution is 2.38. The molecule has 1 N–H and O–H groups in total. The zero-order chi connectivity index (χ0) is 24.1. The van der Waals surface area contributed by atoms with E-state index in [1.54, 1.807) is 19.9 Å². The zero-order valence-electron chi connectivity index (χ0n) is 18.6. The van der Waals surface area contributed by atoms with Crippen LogP contribution in [0.4, 0.5) is 10.5 Å². The van der Waals surface area contributed by atoms with Crippen LogP contribution < -0.4 is 4.74 Å². The van der Waals surface area contributed by atoms with Gasteiger partial charge in [-0.3, -0.25) is 14.9 Å². The molecule has 32 heavy (non-hydrogen) atoms. The summed E-state index contributed by atoms with van der Waals surface area (Å²) in [4.78, 5) is 36.3. The number of phenolic OH excluding ortho intramolecular Hbond substituents is 1. The molecule has 0 aliphatic heterocycles. The maximum atomic E-state index is 12.4. The molecule has 0 aromatic heterocycles. The topological polar surface area (TPSA) is 143 Å². The number of unbranched alkanes of at least 4 members (excludes halogenated alkanes) is 4. The Morgan fingerprint density at radius 3 is 2.41 bits per heavy atom. The number of rotatable bonds is 12. The van der Waals surface area contributed by atoms with Crippen LogP contribution in [-0.2, 0) is 9.53 Å². The van der Waals surface area contributed by atoms with Crippen LogP contribution >= 0.6 is 0 Å². The molecule has 0 fully saturated rings. The van der Waals surface area contributed by atoms with Gasteiger partial charge in [-0.15, -0.1) is 0 Å². The van der Waals surface area contributed by atoms with Crippen LogP contribution in [0.15, 0.2) is 17.7 Å². The Hall–Kier alpha value is -3.61. The minimum atomic E-state index is -1.12. The van der Waals surface area contributed by atoms with Gasteiger partial charge in [0.15, 0.2) is 5.75 Å². The Morgan fingerprint density at radius 1 is 1.19 bits per heavy atom. The van der Waals surface area contributed by atoms with Crippen molar-refractivity contribution in [3.8, 4) is 17.6 Å². The average molecular weight is 447 g/mol. The number of ether oxygens (including phenoxy) is 2. The SMILES string of the molecule is CCCCCCCOC(=O)Oc1cc(/C=C(\C#N)C(=O)N(CC)CC)cc([N+](=O)[O-])c1O. The number of phenols is 1. The number of hydrogen-bond acceptors (Lipinski definition) is 8. The highest BCUT2D eigenvalue weighted by Gasteiger charge is 2.23. The van der Waals surface area contributed by atoms with Gasteiger partial charge in [0, 0.05) is 19.2 Å². The van der Waals surface area contributed by atoms with Crippen molar-refractivity contribution < 1.29 is 29.1 Å².